The molecular weight excluding hydrogens is 276 g/mol. The lowest BCUT2D eigenvalue weighted by molar-refractivity contribution is -0.385. The van der Waals surface area contributed by atoms with Crippen molar-refractivity contribution < 1.29 is 4.92 Å². The molecule has 0 fully saturated rings. The Morgan fingerprint density at radius 3 is 2.70 bits per heavy atom. The van der Waals surface area contributed by atoms with Crippen LogP contribution < -0.4 is 5.32 Å². The molecule has 104 valence electrons. The first kappa shape index (κ1) is 14.5. The summed E-state index contributed by atoms with van der Waals surface area (Å²) >= 11 is 5.78. The molecule has 0 aromatic heterocycles. The molecule has 4 nitrogen and oxygen atoms in total. The van der Waals surface area contributed by atoms with Crippen molar-refractivity contribution in [1.29, 1.82) is 0 Å². The third kappa shape index (κ3) is 3.79. The maximum atomic E-state index is 11.0. The Labute approximate surface area is 122 Å². The monoisotopic (exact) mass is 290 g/mol. The van der Waals surface area contributed by atoms with Gasteiger partial charge in [-0.3, -0.25) is 10.1 Å². The fraction of sp³-hybridized carbons (Fsp3) is 0.200. The molecule has 0 bridgehead atoms. The van der Waals surface area contributed by atoms with E-state index in [9.17, 15) is 10.1 Å². The van der Waals surface area contributed by atoms with Gasteiger partial charge in [-0.15, -0.1) is 0 Å². The van der Waals surface area contributed by atoms with Gasteiger partial charge in [0, 0.05) is 29.7 Å². The summed E-state index contributed by atoms with van der Waals surface area (Å²) in [4.78, 5) is 10.6. The SMILES string of the molecule is Cc1cccc(CNCc2ccc(Cl)cc2[N+](=O)[O-])c1. The third-order valence-electron chi connectivity index (χ3n) is 2.97. The molecule has 0 unspecified atom stereocenters. The first-order chi connectivity index (χ1) is 9.56. The first-order valence-corrected chi connectivity index (χ1v) is 6.63. The summed E-state index contributed by atoms with van der Waals surface area (Å²) in [5.74, 6) is 0. The van der Waals surface area contributed by atoms with E-state index >= 15 is 0 Å². The van der Waals surface area contributed by atoms with Gasteiger partial charge in [0.2, 0.25) is 0 Å². The number of hydrogen-bond donors (Lipinski definition) is 1. The van der Waals surface area contributed by atoms with Gasteiger partial charge >= 0.3 is 0 Å². The van der Waals surface area contributed by atoms with Crippen LogP contribution in [0.4, 0.5) is 5.69 Å². The number of halogens is 1. The van der Waals surface area contributed by atoms with Crippen LogP contribution in [0, 0.1) is 17.0 Å². The molecule has 2 aromatic rings. The molecule has 0 saturated carbocycles. The highest BCUT2D eigenvalue weighted by Crippen LogP contribution is 2.23. The number of nitro benzene ring substituents is 1. The minimum Gasteiger partial charge on any atom is -0.308 e. The quantitative estimate of drug-likeness (QED) is 0.672. The summed E-state index contributed by atoms with van der Waals surface area (Å²) in [6.07, 6.45) is 0. The molecule has 0 amide bonds. The lowest BCUT2D eigenvalue weighted by Gasteiger charge is -2.07. The topological polar surface area (TPSA) is 55.2 Å². The van der Waals surface area contributed by atoms with E-state index in [1.165, 1.54) is 11.6 Å². The third-order valence-corrected chi connectivity index (χ3v) is 3.21. The van der Waals surface area contributed by atoms with Gasteiger partial charge in [0.05, 0.1) is 4.92 Å². The number of nitro groups is 1. The molecule has 0 saturated heterocycles. The summed E-state index contributed by atoms with van der Waals surface area (Å²) < 4.78 is 0. The Bertz CT molecular complexity index is 629. The average Bonchev–Trinajstić information content (AvgIpc) is 2.40. The highest BCUT2D eigenvalue weighted by atomic mass is 35.5. The summed E-state index contributed by atoms with van der Waals surface area (Å²) in [5.41, 5.74) is 3.03. The maximum absolute atomic E-state index is 11.0. The smallest absolute Gasteiger partial charge is 0.275 e. The van der Waals surface area contributed by atoms with Crippen LogP contribution in [-0.2, 0) is 13.1 Å². The van der Waals surface area contributed by atoms with Crippen LogP contribution >= 0.6 is 11.6 Å². The van der Waals surface area contributed by atoms with Crippen molar-refractivity contribution >= 4 is 17.3 Å². The highest BCUT2D eigenvalue weighted by Gasteiger charge is 2.13. The Kier molecular flexibility index (Phi) is 4.71. The number of hydrogen-bond acceptors (Lipinski definition) is 3. The van der Waals surface area contributed by atoms with Gasteiger partial charge in [0.15, 0.2) is 0 Å². The zero-order chi connectivity index (χ0) is 14.5. The van der Waals surface area contributed by atoms with Crippen LogP contribution in [0.25, 0.3) is 0 Å². The highest BCUT2D eigenvalue weighted by molar-refractivity contribution is 6.30. The minimum absolute atomic E-state index is 0.0502. The van der Waals surface area contributed by atoms with Crippen LogP contribution in [0.3, 0.4) is 0 Å². The molecular formula is C15H15ClN2O2. The number of aryl methyl sites for hydroxylation is 1. The van der Waals surface area contributed by atoms with Crippen molar-refractivity contribution in [2.75, 3.05) is 0 Å². The van der Waals surface area contributed by atoms with Crippen LogP contribution in [0.15, 0.2) is 42.5 Å². The van der Waals surface area contributed by atoms with E-state index in [4.69, 9.17) is 11.6 Å². The van der Waals surface area contributed by atoms with Crippen molar-refractivity contribution in [3.8, 4) is 0 Å². The lowest BCUT2D eigenvalue weighted by atomic mass is 10.1. The van der Waals surface area contributed by atoms with Gasteiger partial charge in [0.1, 0.15) is 0 Å². The molecule has 2 aromatic carbocycles. The fourth-order valence-electron chi connectivity index (χ4n) is 2.02. The first-order valence-electron chi connectivity index (χ1n) is 6.25. The molecule has 20 heavy (non-hydrogen) atoms. The van der Waals surface area contributed by atoms with Gasteiger partial charge in [-0.25, -0.2) is 0 Å². The molecule has 0 atom stereocenters. The number of benzene rings is 2. The second-order valence-electron chi connectivity index (χ2n) is 4.62. The zero-order valence-electron chi connectivity index (χ0n) is 11.1. The predicted octanol–water partition coefficient (Wildman–Crippen LogP) is 3.85. The molecule has 0 aliphatic heterocycles. The summed E-state index contributed by atoms with van der Waals surface area (Å²) in [6.45, 7) is 3.14. The summed E-state index contributed by atoms with van der Waals surface area (Å²) in [5, 5.41) is 14.6. The Hall–Kier alpha value is -1.91. The van der Waals surface area contributed by atoms with Crippen LogP contribution in [0.5, 0.6) is 0 Å². The van der Waals surface area contributed by atoms with Gasteiger partial charge in [-0.2, -0.15) is 0 Å². The molecule has 0 heterocycles. The van der Waals surface area contributed by atoms with Gasteiger partial charge in [-0.05, 0) is 24.6 Å². The van der Waals surface area contributed by atoms with E-state index in [0.717, 1.165) is 5.56 Å². The average molecular weight is 291 g/mol. The second-order valence-corrected chi connectivity index (χ2v) is 5.06. The van der Waals surface area contributed by atoms with Gasteiger partial charge < -0.3 is 5.32 Å². The van der Waals surface area contributed by atoms with Crippen LogP contribution in [0.2, 0.25) is 5.02 Å². The van der Waals surface area contributed by atoms with E-state index in [1.807, 2.05) is 25.1 Å². The molecule has 2 rings (SSSR count). The Morgan fingerprint density at radius 1 is 1.20 bits per heavy atom. The van der Waals surface area contributed by atoms with E-state index in [1.54, 1.807) is 12.1 Å². The van der Waals surface area contributed by atoms with Crippen molar-refractivity contribution in [2.24, 2.45) is 0 Å². The van der Waals surface area contributed by atoms with Crippen molar-refractivity contribution in [3.63, 3.8) is 0 Å². The number of nitrogens with zero attached hydrogens (tertiary/aromatic N) is 1. The normalized spacial score (nSPS) is 10.5. The van der Waals surface area contributed by atoms with Crippen LogP contribution in [0.1, 0.15) is 16.7 Å². The lowest BCUT2D eigenvalue weighted by Crippen LogP contribution is -2.13. The fourth-order valence-corrected chi connectivity index (χ4v) is 2.19. The van der Waals surface area contributed by atoms with Crippen molar-refractivity contribution in [2.45, 2.75) is 20.0 Å². The molecule has 0 aliphatic carbocycles. The van der Waals surface area contributed by atoms with E-state index in [2.05, 4.69) is 11.4 Å². The largest absolute Gasteiger partial charge is 0.308 e. The molecule has 1 N–H and O–H groups in total. The predicted molar refractivity (Wildman–Crippen MR) is 79.8 cm³/mol. The number of nitrogens with one attached hydrogen (secondary N) is 1. The minimum atomic E-state index is -0.407. The van der Waals surface area contributed by atoms with Crippen molar-refractivity contribution in [3.05, 3.63) is 74.3 Å². The van der Waals surface area contributed by atoms with Crippen LogP contribution in [-0.4, -0.2) is 4.92 Å². The van der Waals surface area contributed by atoms with Crippen molar-refractivity contribution in [1.82, 2.24) is 5.32 Å². The van der Waals surface area contributed by atoms with E-state index in [-0.39, 0.29) is 5.69 Å². The Morgan fingerprint density at radius 2 is 2.00 bits per heavy atom. The van der Waals surface area contributed by atoms with E-state index in [0.29, 0.717) is 23.7 Å². The number of rotatable bonds is 5. The Balaban J connectivity index is 2.02. The van der Waals surface area contributed by atoms with E-state index < -0.39 is 4.92 Å². The molecule has 0 spiro atoms. The summed E-state index contributed by atoms with van der Waals surface area (Å²) in [6, 6.07) is 12.9. The maximum Gasteiger partial charge on any atom is 0.275 e. The standard InChI is InChI=1S/C15H15ClN2O2/c1-11-3-2-4-12(7-11)9-17-10-13-5-6-14(16)8-15(13)18(19)20/h2-8,17H,9-10H2,1H3. The molecule has 5 heteroatoms. The molecule has 0 aliphatic rings. The summed E-state index contributed by atoms with van der Waals surface area (Å²) in [7, 11) is 0. The second kappa shape index (κ2) is 6.50. The molecule has 0 radical (unpaired) electrons. The van der Waals surface area contributed by atoms with Gasteiger partial charge in [0.25, 0.3) is 5.69 Å². The zero-order valence-corrected chi connectivity index (χ0v) is 11.9. The van der Waals surface area contributed by atoms with Gasteiger partial charge in [-0.1, -0.05) is 41.4 Å².